The van der Waals surface area contributed by atoms with Crippen molar-refractivity contribution in [3.63, 3.8) is 0 Å². The number of aliphatic hydroxyl groups is 1. The topological polar surface area (TPSA) is 57.5 Å². The van der Waals surface area contributed by atoms with Crippen LogP contribution in [-0.2, 0) is 11.2 Å². The number of aliphatic carboxylic acids is 1. The molecular weight excluding hydrogens is 192 g/mol. The molecule has 0 aliphatic heterocycles. The van der Waals surface area contributed by atoms with Crippen molar-refractivity contribution in [3.8, 4) is 0 Å². The van der Waals surface area contributed by atoms with E-state index in [1.807, 2.05) is 24.3 Å². The number of hydrogen-bond donors (Lipinski definition) is 2. The minimum atomic E-state index is -1.04. The number of benzene rings is 1. The van der Waals surface area contributed by atoms with E-state index in [2.05, 4.69) is 0 Å². The molecule has 0 spiro atoms. The third-order valence-electron chi connectivity index (χ3n) is 2.35. The van der Waals surface area contributed by atoms with E-state index in [4.69, 9.17) is 5.11 Å². The van der Waals surface area contributed by atoms with Crippen molar-refractivity contribution < 1.29 is 15.0 Å². The first-order valence-corrected chi connectivity index (χ1v) is 4.59. The van der Waals surface area contributed by atoms with E-state index >= 15 is 0 Å². The third-order valence-corrected chi connectivity index (χ3v) is 2.35. The van der Waals surface area contributed by atoms with Crippen LogP contribution in [0.3, 0.4) is 0 Å². The van der Waals surface area contributed by atoms with Gasteiger partial charge in [0.05, 0.1) is 0 Å². The lowest BCUT2D eigenvalue weighted by Gasteiger charge is -2.15. The number of aliphatic hydroxyl groups excluding tert-OH is 1. The van der Waals surface area contributed by atoms with E-state index in [-0.39, 0.29) is 5.76 Å². The van der Waals surface area contributed by atoms with Crippen LogP contribution in [0.25, 0.3) is 6.08 Å². The van der Waals surface area contributed by atoms with E-state index < -0.39 is 5.97 Å². The monoisotopic (exact) mass is 202 g/mol. The lowest BCUT2D eigenvalue weighted by Crippen LogP contribution is -2.05. The van der Waals surface area contributed by atoms with Gasteiger partial charge in [0.2, 0.25) is 0 Å². The molecule has 0 saturated carbocycles. The van der Waals surface area contributed by atoms with Crippen LogP contribution in [0, 0.1) is 0 Å². The van der Waals surface area contributed by atoms with Gasteiger partial charge in [-0.05, 0) is 17.2 Å². The molecule has 0 radical (unpaired) electrons. The molecule has 0 saturated heterocycles. The molecule has 0 amide bonds. The lowest BCUT2D eigenvalue weighted by atomic mass is 9.92. The second-order valence-electron chi connectivity index (χ2n) is 3.41. The Morgan fingerprint density at radius 3 is 2.80 bits per heavy atom. The molecule has 1 aliphatic carbocycles. The Labute approximate surface area is 87.0 Å². The van der Waals surface area contributed by atoms with E-state index in [1.165, 1.54) is 0 Å². The summed E-state index contributed by atoms with van der Waals surface area (Å²) >= 11 is 0. The summed E-state index contributed by atoms with van der Waals surface area (Å²) in [4.78, 5) is 10.5. The predicted molar refractivity (Wildman–Crippen MR) is 56.5 cm³/mol. The van der Waals surface area contributed by atoms with Gasteiger partial charge in [-0.3, -0.25) is 0 Å². The molecule has 0 bridgehead atoms. The van der Waals surface area contributed by atoms with Crippen LogP contribution < -0.4 is 0 Å². The Balaban J connectivity index is 2.45. The smallest absolute Gasteiger partial charge is 0.328 e. The number of rotatable bonds is 1. The summed E-state index contributed by atoms with van der Waals surface area (Å²) in [5.74, 6) is -1.000. The second-order valence-corrected chi connectivity index (χ2v) is 3.41. The Morgan fingerprint density at radius 1 is 1.33 bits per heavy atom. The summed E-state index contributed by atoms with van der Waals surface area (Å²) in [5, 5.41) is 18.2. The average Bonchev–Trinajstić information content (AvgIpc) is 2.18. The molecule has 0 aromatic heterocycles. The SMILES string of the molecule is O=C(O)C=C1Cc2ccccc2C=C1O. The fourth-order valence-corrected chi connectivity index (χ4v) is 1.65. The van der Waals surface area contributed by atoms with Crippen molar-refractivity contribution in [2.75, 3.05) is 0 Å². The number of carboxylic acid groups (broad SMARTS) is 1. The molecule has 0 unspecified atom stereocenters. The van der Waals surface area contributed by atoms with Gasteiger partial charge in [-0.1, -0.05) is 24.3 Å². The van der Waals surface area contributed by atoms with Crippen LogP contribution in [0.1, 0.15) is 11.1 Å². The molecule has 3 heteroatoms. The van der Waals surface area contributed by atoms with Crippen molar-refractivity contribution >= 4 is 12.0 Å². The molecule has 3 nitrogen and oxygen atoms in total. The number of fused-ring (bicyclic) bond motifs is 1. The van der Waals surface area contributed by atoms with Crippen LogP contribution in [0.2, 0.25) is 0 Å². The van der Waals surface area contributed by atoms with Gasteiger partial charge in [-0.25, -0.2) is 4.79 Å². The zero-order valence-electron chi connectivity index (χ0n) is 7.97. The Bertz CT molecular complexity index is 470. The molecule has 2 rings (SSSR count). The molecular formula is C12H10O3. The molecule has 1 aliphatic rings. The van der Waals surface area contributed by atoms with Crippen LogP contribution in [0.15, 0.2) is 41.7 Å². The van der Waals surface area contributed by atoms with Crippen molar-refractivity contribution in [2.24, 2.45) is 0 Å². The quantitative estimate of drug-likeness (QED) is 0.686. The summed E-state index contributed by atoms with van der Waals surface area (Å²) < 4.78 is 0. The number of allylic oxidation sites excluding steroid dienone is 1. The lowest BCUT2D eigenvalue weighted by molar-refractivity contribution is -0.131. The normalized spacial score (nSPS) is 17.1. The maximum absolute atomic E-state index is 10.5. The molecule has 2 N–H and O–H groups in total. The van der Waals surface area contributed by atoms with E-state index in [0.29, 0.717) is 12.0 Å². The highest BCUT2D eigenvalue weighted by atomic mass is 16.4. The van der Waals surface area contributed by atoms with Crippen LogP contribution in [0.5, 0.6) is 0 Å². The van der Waals surface area contributed by atoms with Gasteiger partial charge in [-0.15, -0.1) is 0 Å². The van der Waals surface area contributed by atoms with Gasteiger partial charge in [0.1, 0.15) is 5.76 Å². The first kappa shape index (κ1) is 9.52. The molecule has 0 atom stereocenters. The predicted octanol–water partition coefficient (Wildman–Crippen LogP) is 2.15. The number of carbonyl (C=O) groups is 1. The van der Waals surface area contributed by atoms with Gasteiger partial charge in [-0.2, -0.15) is 0 Å². The van der Waals surface area contributed by atoms with Crippen LogP contribution in [0.4, 0.5) is 0 Å². The standard InChI is InChI=1S/C12H10O3/c13-11-6-9-4-2-1-3-8(9)5-10(11)7-12(14)15/h1-4,6-7,13H,5H2,(H,14,15). The van der Waals surface area contributed by atoms with Crippen molar-refractivity contribution in [1.82, 2.24) is 0 Å². The van der Waals surface area contributed by atoms with E-state index in [9.17, 15) is 9.90 Å². The zero-order chi connectivity index (χ0) is 10.8. The highest BCUT2D eigenvalue weighted by Crippen LogP contribution is 2.26. The first-order valence-electron chi connectivity index (χ1n) is 4.59. The molecule has 0 fully saturated rings. The van der Waals surface area contributed by atoms with Crippen LogP contribution in [-0.4, -0.2) is 16.2 Å². The molecule has 1 aromatic carbocycles. The minimum absolute atomic E-state index is 0.0381. The third kappa shape index (κ3) is 1.91. The second kappa shape index (κ2) is 3.61. The molecule has 76 valence electrons. The summed E-state index contributed by atoms with van der Waals surface area (Å²) in [6.45, 7) is 0. The molecule has 15 heavy (non-hydrogen) atoms. The molecule has 0 heterocycles. The summed E-state index contributed by atoms with van der Waals surface area (Å²) in [5.41, 5.74) is 2.42. The van der Waals surface area contributed by atoms with Gasteiger partial charge >= 0.3 is 5.97 Å². The maximum atomic E-state index is 10.5. The van der Waals surface area contributed by atoms with E-state index in [1.54, 1.807) is 6.08 Å². The van der Waals surface area contributed by atoms with Gasteiger partial charge in [0, 0.05) is 18.1 Å². The summed E-state index contributed by atoms with van der Waals surface area (Å²) in [6, 6.07) is 7.60. The highest BCUT2D eigenvalue weighted by Gasteiger charge is 2.14. The van der Waals surface area contributed by atoms with Crippen LogP contribution >= 0.6 is 0 Å². The molecule has 1 aromatic rings. The van der Waals surface area contributed by atoms with E-state index in [0.717, 1.165) is 17.2 Å². The summed E-state index contributed by atoms with van der Waals surface area (Å²) in [7, 11) is 0. The van der Waals surface area contributed by atoms with Crippen molar-refractivity contribution in [1.29, 1.82) is 0 Å². The fourth-order valence-electron chi connectivity index (χ4n) is 1.65. The zero-order valence-corrected chi connectivity index (χ0v) is 7.97. The Morgan fingerprint density at radius 2 is 2.07 bits per heavy atom. The largest absolute Gasteiger partial charge is 0.508 e. The highest BCUT2D eigenvalue weighted by molar-refractivity contribution is 5.83. The fraction of sp³-hybridized carbons (Fsp3) is 0.0833. The number of hydrogen-bond acceptors (Lipinski definition) is 2. The Hall–Kier alpha value is -2.03. The average molecular weight is 202 g/mol. The maximum Gasteiger partial charge on any atom is 0.328 e. The van der Waals surface area contributed by atoms with Crippen molar-refractivity contribution in [2.45, 2.75) is 6.42 Å². The van der Waals surface area contributed by atoms with Crippen molar-refractivity contribution in [3.05, 3.63) is 52.8 Å². The Kier molecular flexibility index (Phi) is 2.29. The number of carboxylic acids is 1. The van der Waals surface area contributed by atoms with Gasteiger partial charge < -0.3 is 10.2 Å². The van der Waals surface area contributed by atoms with Gasteiger partial charge in [0.25, 0.3) is 0 Å². The first-order chi connectivity index (χ1) is 7.16. The van der Waals surface area contributed by atoms with Gasteiger partial charge in [0.15, 0.2) is 0 Å². The summed E-state index contributed by atoms with van der Waals surface area (Å²) in [6.07, 6.45) is 3.10. The minimum Gasteiger partial charge on any atom is -0.508 e.